The highest BCUT2D eigenvalue weighted by Crippen LogP contribution is 2.53. The first kappa shape index (κ1) is 32.6. The Morgan fingerprint density at radius 1 is 1.26 bits per heavy atom. The van der Waals surface area contributed by atoms with E-state index in [1.165, 1.54) is 24.3 Å². The number of hydrogen-bond acceptors (Lipinski definition) is 6. The number of hydrogen-bond donors (Lipinski definition) is 3. The van der Waals surface area contributed by atoms with Gasteiger partial charge in [-0.1, -0.05) is 55.2 Å². The smallest absolute Gasteiger partial charge is 0.237 e. The number of ether oxygens (including phenoxy) is 2. The van der Waals surface area contributed by atoms with Crippen LogP contribution in [0.15, 0.2) is 36.4 Å². The van der Waals surface area contributed by atoms with Crippen LogP contribution < -0.4 is 16.4 Å². The number of nitrogens with one attached hydrogen (secondary N) is 2. The summed E-state index contributed by atoms with van der Waals surface area (Å²) in [6.07, 6.45) is 1.25. The summed E-state index contributed by atoms with van der Waals surface area (Å²) in [6.45, 7) is 8.68. The van der Waals surface area contributed by atoms with Gasteiger partial charge in [-0.15, -0.1) is 0 Å². The van der Waals surface area contributed by atoms with Crippen LogP contribution in [0.5, 0.6) is 0 Å². The monoisotopic (exact) mass is 622 g/mol. The third-order valence-electron chi connectivity index (χ3n) is 8.33. The fraction of sp³-hybridized carbons (Fsp3) is 0.548. The van der Waals surface area contributed by atoms with Gasteiger partial charge in [0.15, 0.2) is 5.79 Å². The molecular formula is C31H38Cl2F2N4O3. The second kappa shape index (κ2) is 12.7. The van der Waals surface area contributed by atoms with Crippen LogP contribution in [0.25, 0.3) is 0 Å². The van der Waals surface area contributed by atoms with Gasteiger partial charge in [0.1, 0.15) is 17.0 Å². The van der Waals surface area contributed by atoms with Crippen LogP contribution in [0.4, 0.5) is 8.78 Å². The Morgan fingerprint density at radius 2 is 2.00 bits per heavy atom. The molecule has 0 bridgehead atoms. The molecule has 1 amide bonds. The van der Waals surface area contributed by atoms with Crippen LogP contribution in [0.2, 0.25) is 10.0 Å². The summed E-state index contributed by atoms with van der Waals surface area (Å²) in [6, 6.07) is 9.01. The van der Waals surface area contributed by atoms with E-state index in [0.29, 0.717) is 32.4 Å². The number of carbonyl (C=O) groups excluding carboxylic acids is 1. The minimum Gasteiger partial charge on any atom is -0.355 e. The van der Waals surface area contributed by atoms with E-state index in [-0.39, 0.29) is 33.8 Å². The topological polar surface area (TPSA) is 109 Å². The van der Waals surface area contributed by atoms with Gasteiger partial charge in [0.25, 0.3) is 0 Å². The Hall–Kier alpha value is -2.32. The summed E-state index contributed by atoms with van der Waals surface area (Å²) in [4.78, 5) is 13.9. The van der Waals surface area contributed by atoms with Crippen LogP contribution in [-0.2, 0) is 19.7 Å². The zero-order valence-corrected chi connectivity index (χ0v) is 25.8. The van der Waals surface area contributed by atoms with Gasteiger partial charge in [0, 0.05) is 29.1 Å². The predicted molar refractivity (Wildman–Crippen MR) is 158 cm³/mol. The average Bonchev–Trinajstić information content (AvgIpc) is 3.42. The van der Waals surface area contributed by atoms with Crippen LogP contribution in [-0.4, -0.2) is 49.6 Å². The molecule has 0 spiro atoms. The molecule has 2 aromatic carbocycles. The molecule has 0 aliphatic carbocycles. The van der Waals surface area contributed by atoms with Crippen molar-refractivity contribution in [3.63, 3.8) is 0 Å². The summed E-state index contributed by atoms with van der Waals surface area (Å²) < 4.78 is 43.0. The molecule has 0 aromatic heterocycles. The first-order valence-electron chi connectivity index (χ1n) is 14.1. The highest BCUT2D eigenvalue weighted by molar-refractivity contribution is 6.31. The first-order chi connectivity index (χ1) is 19.7. The zero-order valence-electron chi connectivity index (χ0n) is 24.3. The maximum atomic E-state index is 15.8. The molecule has 5 atom stereocenters. The van der Waals surface area contributed by atoms with Crippen LogP contribution in [0.1, 0.15) is 64.0 Å². The molecule has 4 rings (SSSR count). The summed E-state index contributed by atoms with van der Waals surface area (Å²) in [5.41, 5.74) is 3.85. The third kappa shape index (κ3) is 6.59. The highest BCUT2D eigenvalue weighted by Gasteiger charge is 2.61. The molecule has 2 aromatic rings. The molecule has 228 valence electrons. The van der Waals surface area contributed by atoms with E-state index in [2.05, 4.69) is 16.7 Å². The third-order valence-corrected chi connectivity index (χ3v) is 8.85. The molecular weight excluding hydrogens is 585 g/mol. The van der Waals surface area contributed by atoms with Gasteiger partial charge in [-0.3, -0.25) is 4.79 Å². The minimum absolute atomic E-state index is 0.0221. The molecule has 2 saturated heterocycles. The zero-order chi connectivity index (χ0) is 30.9. The summed E-state index contributed by atoms with van der Waals surface area (Å²) >= 11 is 12.3. The van der Waals surface area contributed by atoms with Crippen molar-refractivity contribution in [2.24, 2.45) is 11.1 Å². The number of benzene rings is 2. The lowest BCUT2D eigenvalue weighted by Gasteiger charge is -2.38. The Bertz CT molecular complexity index is 1350. The van der Waals surface area contributed by atoms with Crippen LogP contribution in [0, 0.1) is 28.4 Å². The summed E-state index contributed by atoms with van der Waals surface area (Å²) in [7, 11) is 0. The van der Waals surface area contributed by atoms with Crippen molar-refractivity contribution in [1.82, 2.24) is 10.6 Å². The average molecular weight is 624 g/mol. The van der Waals surface area contributed by atoms with Crippen molar-refractivity contribution in [2.45, 2.75) is 82.3 Å². The molecule has 0 radical (unpaired) electrons. The van der Waals surface area contributed by atoms with Crippen LogP contribution in [0.3, 0.4) is 0 Å². The molecule has 4 N–H and O–H groups in total. The van der Waals surface area contributed by atoms with Gasteiger partial charge < -0.3 is 25.8 Å². The minimum atomic E-state index is -1.71. The number of nitrogens with zero attached hydrogens (tertiary/aromatic N) is 1. The number of nitriles is 1. The molecule has 42 heavy (non-hydrogen) atoms. The van der Waals surface area contributed by atoms with Gasteiger partial charge in [-0.05, 0) is 68.8 Å². The van der Waals surface area contributed by atoms with E-state index in [4.69, 9.17) is 38.4 Å². The van der Waals surface area contributed by atoms with E-state index in [1.54, 1.807) is 6.07 Å². The Kier molecular flexibility index (Phi) is 9.88. The van der Waals surface area contributed by atoms with Crippen molar-refractivity contribution >= 4 is 29.1 Å². The summed E-state index contributed by atoms with van der Waals surface area (Å²) in [5.74, 6) is -3.78. The molecule has 7 nitrogen and oxygen atoms in total. The number of amides is 1. The predicted octanol–water partition coefficient (Wildman–Crippen LogP) is 5.58. The van der Waals surface area contributed by atoms with E-state index >= 15 is 8.78 Å². The SMILES string of the molecule is CC(C)(CCN)C[C@@H]1N[C@@H](C(=O)NCC[C@H]2COC(C)(C)O2)[C@H](c2cccc(Cl)c2F)[C@@]1(C#N)c1ccc(Cl)cc1F. The number of halogens is 4. The molecule has 2 heterocycles. The Labute approximate surface area is 256 Å². The fourth-order valence-electron chi connectivity index (χ4n) is 6.36. The molecule has 2 fully saturated rings. The lowest BCUT2D eigenvalue weighted by molar-refractivity contribution is -0.138. The van der Waals surface area contributed by atoms with Gasteiger partial charge >= 0.3 is 0 Å². The van der Waals surface area contributed by atoms with Crippen molar-refractivity contribution < 1.29 is 23.0 Å². The Morgan fingerprint density at radius 3 is 2.62 bits per heavy atom. The first-order valence-corrected chi connectivity index (χ1v) is 14.9. The second-order valence-electron chi connectivity index (χ2n) is 12.4. The summed E-state index contributed by atoms with van der Waals surface area (Å²) in [5, 5.41) is 17.2. The van der Waals surface area contributed by atoms with Gasteiger partial charge in [-0.2, -0.15) is 5.26 Å². The number of rotatable bonds is 10. The lowest BCUT2D eigenvalue weighted by atomic mass is 9.62. The number of nitrogens with two attached hydrogens (primary N) is 1. The number of carbonyl (C=O) groups is 1. The standard InChI is InChI=1S/C31H38Cl2F2N4O3/c1-29(2,11-12-36)15-24-31(17-37,21-9-8-18(32)14-23(21)34)25(20-6-5-7-22(33)26(20)35)27(39-24)28(40)38-13-10-19-16-41-30(3,4)42-19/h5-9,14,19,24-25,27,39H,10-13,15-16,36H2,1-4H3,(H,38,40)/t19-,24-,25-,27+,31-/m0/s1. The van der Waals surface area contributed by atoms with Crippen LogP contribution >= 0.6 is 23.2 Å². The maximum Gasteiger partial charge on any atom is 0.237 e. The largest absolute Gasteiger partial charge is 0.355 e. The van der Waals surface area contributed by atoms with Crippen molar-refractivity contribution in [3.8, 4) is 6.07 Å². The van der Waals surface area contributed by atoms with Gasteiger partial charge in [0.05, 0.1) is 29.8 Å². The van der Waals surface area contributed by atoms with Crippen molar-refractivity contribution in [2.75, 3.05) is 19.7 Å². The Balaban J connectivity index is 1.80. The molecule has 2 aliphatic rings. The fourth-order valence-corrected chi connectivity index (χ4v) is 6.70. The normalized spacial score (nSPS) is 27.1. The molecule has 2 aliphatic heterocycles. The quantitative estimate of drug-likeness (QED) is 0.319. The molecule has 0 saturated carbocycles. The van der Waals surface area contributed by atoms with E-state index in [9.17, 15) is 10.1 Å². The second-order valence-corrected chi connectivity index (χ2v) is 13.2. The van der Waals surface area contributed by atoms with E-state index < -0.39 is 52.2 Å². The molecule has 0 unspecified atom stereocenters. The van der Waals surface area contributed by atoms with E-state index in [0.717, 1.165) is 6.07 Å². The van der Waals surface area contributed by atoms with E-state index in [1.807, 2.05) is 27.7 Å². The van der Waals surface area contributed by atoms with Crippen molar-refractivity contribution in [3.05, 3.63) is 69.2 Å². The van der Waals surface area contributed by atoms with Crippen molar-refractivity contribution in [1.29, 1.82) is 5.26 Å². The van der Waals surface area contributed by atoms with Gasteiger partial charge in [0.2, 0.25) is 5.91 Å². The maximum absolute atomic E-state index is 15.8. The highest BCUT2D eigenvalue weighted by atomic mass is 35.5. The molecule has 11 heteroatoms. The van der Waals surface area contributed by atoms with Gasteiger partial charge in [-0.25, -0.2) is 8.78 Å². The lowest BCUT2D eigenvalue weighted by Crippen LogP contribution is -2.46.